The number of rotatable bonds is 6. The Morgan fingerprint density at radius 1 is 1.12 bits per heavy atom. The van der Waals surface area contributed by atoms with Crippen LogP contribution in [-0.2, 0) is 13.1 Å². The maximum atomic E-state index is 9.11. The molecular weight excluding hydrogens is 318 g/mol. The fourth-order valence-corrected chi connectivity index (χ4v) is 3.70. The van der Waals surface area contributed by atoms with Crippen LogP contribution >= 0.6 is 11.8 Å². The molecule has 1 aromatic carbocycles. The Hall–Kier alpha value is -1.84. The Morgan fingerprint density at radius 2 is 1.88 bits per heavy atom. The summed E-state index contributed by atoms with van der Waals surface area (Å²) >= 11 is 1.48. The highest BCUT2D eigenvalue weighted by Crippen LogP contribution is 2.24. The zero-order valence-electron chi connectivity index (χ0n) is 14.1. The Kier molecular flexibility index (Phi) is 5.89. The van der Waals surface area contributed by atoms with Gasteiger partial charge < -0.3 is 4.57 Å². The Balaban J connectivity index is 1.82. The van der Waals surface area contributed by atoms with Crippen LogP contribution in [0.5, 0.6) is 0 Å². The topological polar surface area (TPSA) is 57.7 Å². The highest BCUT2D eigenvalue weighted by molar-refractivity contribution is 8.00. The number of nitriles is 1. The van der Waals surface area contributed by atoms with Crippen molar-refractivity contribution in [1.29, 1.82) is 5.26 Å². The summed E-state index contributed by atoms with van der Waals surface area (Å²) in [6, 6.07) is 12.6. The zero-order chi connectivity index (χ0) is 16.8. The van der Waals surface area contributed by atoms with Crippen LogP contribution in [-0.4, -0.2) is 38.0 Å². The van der Waals surface area contributed by atoms with E-state index in [1.807, 2.05) is 13.0 Å². The van der Waals surface area contributed by atoms with E-state index in [9.17, 15) is 0 Å². The van der Waals surface area contributed by atoms with E-state index in [2.05, 4.69) is 50.0 Å². The van der Waals surface area contributed by atoms with Gasteiger partial charge in [0.25, 0.3) is 0 Å². The van der Waals surface area contributed by atoms with E-state index >= 15 is 0 Å². The first-order valence-electron chi connectivity index (χ1n) is 8.51. The minimum absolute atomic E-state index is 0.133. The van der Waals surface area contributed by atoms with Gasteiger partial charge in [-0.3, -0.25) is 4.90 Å². The number of benzene rings is 1. The molecule has 0 N–H and O–H groups in total. The molecule has 24 heavy (non-hydrogen) atoms. The van der Waals surface area contributed by atoms with Gasteiger partial charge in [-0.25, -0.2) is 0 Å². The van der Waals surface area contributed by atoms with E-state index in [4.69, 9.17) is 5.26 Å². The van der Waals surface area contributed by atoms with Crippen molar-refractivity contribution in [3.8, 4) is 6.07 Å². The van der Waals surface area contributed by atoms with Crippen molar-refractivity contribution in [3.05, 3.63) is 41.7 Å². The second kappa shape index (κ2) is 8.32. The summed E-state index contributed by atoms with van der Waals surface area (Å²) in [5.41, 5.74) is 1.23. The van der Waals surface area contributed by atoms with Crippen LogP contribution < -0.4 is 0 Å². The lowest BCUT2D eigenvalue weighted by Crippen LogP contribution is -2.30. The molecule has 0 aliphatic carbocycles. The Morgan fingerprint density at radius 3 is 2.58 bits per heavy atom. The average molecular weight is 341 g/mol. The lowest BCUT2D eigenvalue weighted by molar-refractivity contribution is 0.213. The van der Waals surface area contributed by atoms with Crippen molar-refractivity contribution >= 4 is 11.8 Å². The zero-order valence-corrected chi connectivity index (χ0v) is 14.9. The van der Waals surface area contributed by atoms with Crippen LogP contribution in [0.1, 0.15) is 37.6 Å². The predicted molar refractivity (Wildman–Crippen MR) is 95.6 cm³/mol. The van der Waals surface area contributed by atoms with E-state index in [1.54, 1.807) is 0 Å². The maximum Gasteiger partial charge on any atom is 0.192 e. The molecule has 0 spiro atoms. The number of thioether (sulfide) groups is 1. The third-order valence-corrected chi connectivity index (χ3v) is 5.23. The van der Waals surface area contributed by atoms with Gasteiger partial charge in [0.1, 0.15) is 5.82 Å². The fraction of sp³-hybridized carbons (Fsp3) is 0.500. The SMILES string of the molecule is C[C@H](C#N)Sc1nnc(CN2CCCCC2)n1Cc1ccccc1. The van der Waals surface area contributed by atoms with Crippen LogP contribution in [0.2, 0.25) is 0 Å². The van der Waals surface area contributed by atoms with Crippen molar-refractivity contribution in [1.82, 2.24) is 19.7 Å². The number of likely N-dealkylation sites (tertiary alicyclic amines) is 1. The number of hydrogen-bond acceptors (Lipinski definition) is 5. The first-order chi connectivity index (χ1) is 11.8. The van der Waals surface area contributed by atoms with Crippen LogP contribution in [0.4, 0.5) is 0 Å². The second-order valence-corrected chi connectivity index (χ2v) is 7.50. The van der Waals surface area contributed by atoms with Gasteiger partial charge in [0.15, 0.2) is 5.16 Å². The van der Waals surface area contributed by atoms with Gasteiger partial charge in [-0.15, -0.1) is 10.2 Å². The van der Waals surface area contributed by atoms with Crippen LogP contribution in [0, 0.1) is 11.3 Å². The molecular formula is C18H23N5S. The molecule has 6 heteroatoms. The minimum atomic E-state index is -0.133. The highest BCUT2D eigenvalue weighted by atomic mass is 32.2. The molecule has 0 bridgehead atoms. The third-order valence-electron chi connectivity index (χ3n) is 4.25. The molecule has 0 radical (unpaired) electrons. The van der Waals surface area contributed by atoms with Crippen LogP contribution in [0.15, 0.2) is 35.5 Å². The fourth-order valence-electron chi connectivity index (χ4n) is 2.95. The Bertz CT molecular complexity index is 685. The van der Waals surface area contributed by atoms with Gasteiger partial charge in [-0.05, 0) is 38.4 Å². The van der Waals surface area contributed by atoms with Crippen molar-refractivity contribution < 1.29 is 0 Å². The second-order valence-electron chi connectivity index (χ2n) is 6.20. The summed E-state index contributed by atoms with van der Waals surface area (Å²) in [5.74, 6) is 0.994. The van der Waals surface area contributed by atoms with Gasteiger partial charge in [0.2, 0.25) is 0 Å². The van der Waals surface area contributed by atoms with Gasteiger partial charge in [-0.1, -0.05) is 48.5 Å². The summed E-state index contributed by atoms with van der Waals surface area (Å²) in [5, 5.41) is 18.6. The van der Waals surface area contributed by atoms with Gasteiger partial charge >= 0.3 is 0 Å². The van der Waals surface area contributed by atoms with E-state index in [0.717, 1.165) is 37.2 Å². The van der Waals surface area contributed by atoms with Crippen molar-refractivity contribution in [2.45, 2.75) is 49.7 Å². The molecule has 1 aliphatic rings. The van der Waals surface area contributed by atoms with Crippen molar-refractivity contribution in [2.75, 3.05) is 13.1 Å². The Labute approximate surface area is 147 Å². The first-order valence-corrected chi connectivity index (χ1v) is 9.39. The molecule has 1 aliphatic heterocycles. The number of nitrogens with zero attached hydrogens (tertiary/aromatic N) is 5. The van der Waals surface area contributed by atoms with Crippen LogP contribution in [0.25, 0.3) is 0 Å². The molecule has 1 aromatic heterocycles. The molecule has 126 valence electrons. The van der Waals surface area contributed by atoms with E-state index in [0.29, 0.717) is 0 Å². The molecule has 2 heterocycles. The predicted octanol–water partition coefficient (Wildman–Crippen LogP) is 3.32. The molecule has 0 amide bonds. The monoisotopic (exact) mass is 341 g/mol. The molecule has 1 saturated heterocycles. The summed E-state index contributed by atoms with van der Waals surface area (Å²) in [6.07, 6.45) is 3.85. The summed E-state index contributed by atoms with van der Waals surface area (Å²) < 4.78 is 2.17. The lowest BCUT2D eigenvalue weighted by atomic mass is 10.1. The van der Waals surface area contributed by atoms with Gasteiger partial charge in [0.05, 0.1) is 24.4 Å². The van der Waals surface area contributed by atoms with Crippen molar-refractivity contribution in [3.63, 3.8) is 0 Å². The van der Waals surface area contributed by atoms with E-state index in [-0.39, 0.29) is 5.25 Å². The summed E-state index contributed by atoms with van der Waals surface area (Å²) in [6.45, 7) is 5.75. The molecule has 1 fully saturated rings. The number of hydrogen-bond donors (Lipinski definition) is 0. The third kappa shape index (κ3) is 4.37. The smallest absolute Gasteiger partial charge is 0.192 e. The number of piperidine rings is 1. The molecule has 5 nitrogen and oxygen atoms in total. The van der Waals surface area contributed by atoms with E-state index < -0.39 is 0 Å². The highest BCUT2D eigenvalue weighted by Gasteiger charge is 2.19. The standard InChI is InChI=1S/C18H23N5S/c1-15(12-19)24-18-21-20-17(14-22-10-6-3-7-11-22)23(18)13-16-8-4-2-5-9-16/h2,4-5,8-9,15H,3,6-7,10-11,13-14H2,1H3/t15-/m1/s1. The quantitative estimate of drug-likeness (QED) is 0.755. The van der Waals surface area contributed by atoms with E-state index in [1.165, 1.54) is 36.6 Å². The number of aromatic nitrogens is 3. The largest absolute Gasteiger partial charge is 0.300 e. The van der Waals surface area contributed by atoms with Gasteiger partial charge in [-0.2, -0.15) is 5.26 Å². The normalized spacial score (nSPS) is 16.7. The summed E-state index contributed by atoms with van der Waals surface area (Å²) in [4.78, 5) is 2.46. The molecule has 0 unspecified atom stereocenters. The van der Waals surface area contributed by atoms with Crippen molar-refractivity contribution in [2.24, 2.45) is 0 Å². The first kappa shape index (κ1) is 17.0. The maximum absolute atomic E-state index is 9.11. The average Bonchev–Trinajstić information content (AvgIpc) is 2.98. The minimum Gasteiger partial charge on any atom is -0.300 e. The molecule has 1 atom stereocenters. The lowest BCUT2D eigenvalue weighted by Gasteiger charge is -2.26. The molecule has 3 rings (SSSR count). The summed E-state index contributed by atoms with van der Waals surface area (Å²) in [7, 11) is 0. The van der Waals surface area contributed by atoms with Crippen LogP contribution in [0.3, 0.4) is 0 Å². The molecule has 0 saturated carbocycles. The van der Waals surface area contributed by atoms with Gasteiger partial charge in [0, 0.05) is 0 Å². The molecule has 2 aromatic rings.